The third-order valence-electron chi connectivity index (χ3n) is 2.95. The van der Waals surface area contributed by atoms with E-state index in [9.17, 15) is 13.9 Å². The van der Waals surface area contributed by atoms with Gasteiger partial charge in [0.15, 0.2) is 0 Å². The zero-order chi connectivity index (χ0) is 14.7. The standard InChI is InChI=1S/C14H16F2N2OS/c1-8-6-18-14(20-8)9(2)17-7-13(19)11-4-3-10(15)5-12(11)16/h3-6,9,13,17,19H,7H2,1-2H3. The van der Waals surface area contributed by atoms with Gasteiger partial charge in [0.2, 0.25) is 0 Å². The molecule has 0 aliphatic rings. The van der Waals surface area contributed by atoms with E-state index >= 15 is 0 Å². The molecule has 0 spiro atoms. The second-order valence-electron chi connectivity index (χ2n) is 4.62. The fraction of sp³-hybridized carbons (Fsp3) is 0.357. The normalized spacial score (nSPS) is 14.2. The molecule has 2 rings (SSSR count). The van der Waals surface area contributed by atoms with Crippen molar-refractivity contribution in [2.45, 2.75) is 26.0 Å². The van der Waals surface area contributed by atoms with E-state index in [1.165, 1.54) is 6.07 Å². The van der Waals surface area contributed by atoms with Crippen LogP contribution < -0.4 is 5.32 Å². The molecule has 2 aromatic rings. The van der Waals surface area contributed by atoms with E-state index in [0.717, 1.165) is 22.0 Å². The summed E-state index contributed by atoms with van der Waals surface area (Å²) >= 11 is 1.57. The second-order valence-corrected chi connectivity index (χ2v) is 5.89. The zero-order valence-electron chi connectivity index (χ0n) is 11.2. The summed E-state index contributed by atoms with van der Waals surface area (Å²) in [5.74, 6) is -1.39. The Bertz CT molecular complexity index is 588. The predicted octanol–water partition coefficient (Wildman–Crippen LogP) is 3.11. The van der Waals surface area contributed by atoms with Gasteiger partial charge in [-0.05, 0) is 19.9 Å². The number of hydrogen-bond donors (Lipinski definition) is 2. The molecule has 0 aliphatic carbocycles. The van der Waals surface area contributed by atoms with Crippen molar-refractivity contribution in [1.29, 1.82) is 0 Å². The van der Waals surface area contributed by atoms with Gasteiger partial charge in [-0.3, -0.25) is 0 Å². The largest absolute Gasteiger partial charge is 0.387 e. The summed E-state index contributed by atoms with van der Waals surface area (Å²) in [4.78, 5) is 5.36. The predicted molar refractivity (Wildman–Crippen MR) is 74.6 cm³/mol. The minimum absolute atomic E-state index is 0.0353. The van der Waals surface area contributed by atoms with Crippen LogP contribution in [0.5, 0.6) is 0 Å². The van der Waals surface area contributed by atoms with Crippen molar-refractivity contribution in [1.82, 2.24) is 10.3 Å². The van der Waals surface area contributed by atoms with Gasteiger partial charge in [0.25, 0.3) is 0 Å². The second kappa shape index (κ2) is 6.39. The summed E-state index contributed by atoms with van der Waals surface area (Å²) in [5, 5.41) is 14.0. The number of rotatable bonds is 5. The van der Waals surface area contributed by atoms with E-state index in [0.29, 0.717) is 0 Å². The minimum Gasteiger partial charge on any atom is -0.387 e. The van der Waals surface area contributed by atoms with Crippen LogP contribution in [0.2, 0.25) is 0 Å². The Labute approximate surface area is 120 Å². The first-order valence-electron chi connectivity index (χ1n) is 6.26. The molecule has 0 radical (unpaired) electrons. The van der Waals surface area contributed by atoms with Crippen LogP contribution in [0.4, 0.5) is 8.78 Å². The molecule has 0 aliphatic heterocycles. The first-order chi connectivity index (χ1) is 9.47. The molecular formula is C14H16F2N2OS. The van der Waals surface area contributed by atoms with Crippen LogP contribution in [0, 0.1) is 18.6 Å². The number of nitrogens with one attached hydrogen (secondary N) is 1. The average molecular weight is 298 g/mol. The first kappa shape index (κ1) is 15.0. The molecule has 0 saturated carbocycles. The SMILES string of the molecule is Cc1cnc(C(C)NCC(O)c2ccc(F)cc2F)s1. The third-order valence-corrected chi connectivity index (χ3v) is 4.04. The van der Waals surface area contributed by atoms with Crippen LogP contribution in [-0.4, -0.2) is 16.6 Å². The van der Waals surface area contributed by atoms with Gasteiger partial charge in [0, 0.05) is 29.2 Å². The lowest BCUT2D eigenvalue weighted by Crippen LogP contribution is -2.25. The molecule has 2 atom stereocenters. The molecule has 1 aromatic heterocycles. The number of aliphatic hydroxyl groups is 1. The average Bonchev–Trinajstić information content (AvgIpc) is 2.82. The quantitative estimate of drug-likeness (QED) is 0.891. The van der Waals surface area contributed by atoms with Crippen molar-refractivity contribution in [3.8, 4) is 0 Å². The van der Waals surface area contributed by atoms with E-state index in [-0.39, 0.29) is 18.2 Å². The Hall–Kier alpha value is -1.37. The monoisotopic (exact) mass is 298 g/mol. The Balaban J connectivity index is 1.96. The number of thiazole rings is 1. The summed E-state index contributed by atoms with van der Waals surface area (Å²) in [6.07, 6.45) is 0.757. The van der Waals surface area contributed by atoms with E-state index in [4.69, 9.17) is 0 Å². The van der Waals surface area contributed by atoms with Gasteiger partial charge in [-0.25, -0.2) is 13.8 Å². The molecule has 1 heterocycles. The van der Waals surface area contributed by atoms with Crippen LogP contribution in [0.25, 0.3) is 0 Å². The van der Waals surface area contributed by atoms with Crippen molar-refractivity contribution in [3.63, 3.8) is 0 Å². The number of aryl methyl sites for hydroxylation is 1. The van der Waals surface area contributed by atoms with Crippen LogP contribution >= 0.6 is 11.3 Å². The van der Waals surface area contributed by atoms with Crippen LogP contribution in [-0.2, 0) is 0 Å². The lowest BCUT2D eigenvalue weighted by atomic mass is 10.1. The summed E-state index contributed by atoms with van der Waals surface area (Å²) in [5.41, 5.74) is 0.0846. The molecule has 0 bridgehead atoms. The molecule has 108 valence electrons. The van der Waals surface area contributed by atoms with Gasteiger partial charge < -0.3 is 10.4 Å². The number of nitrogens with zero attached hydrogens (tertiary/aromatic N) is 1. The van der Waals surface area contributed by atoms with Crippen LogP contribution in [0.3, 0.4) is 0 Å². The molecule has 1 aromatic carbocycles. The number of halogens is 2. The highest BCUT2D eigenvalue weighted by Crippen LogP contribution is 2.21. The molecule has 3 nitrogen and oxygen atoms in total. The molecule has 2 N–H and O–H groups in total. The van der Waals surface area contributed by atoms with Gasteiger partial charge in [-0.15, -0.1) is 11.3 Å². The minimum atomic E-state index is -1.03. The summed E-state index contributed by atoms with van der Waals surface area (Å²) in [7, 11) is 0. The first-order valence-corrected chi connectivity index (χ1v) is 7.07. The summed E-state index contributed by atoms with van der Waals surface area (Å²) in [6.45, 7) is 4.06. The molecule has 2 unspecified atom stereocenters. The van der Waals surface area contributed by atoms with Gasteiger partial charge in [0.05, 0.1) is 12.1 Å². The lowest BCUT2D eigenvalue weighted by Gasteiger charge is -2.16. The zero-order valence-corrected chi connectivity index (χ0v) is 12.0. The highest BCUT2D eigenvalue weighted by Gasteiger charge is 2.16. The van der Waals surface area contributed by atoms with Crippen molar-refractivity contribution in [2.24, 2.45) is 0 Å². The van der Waals surface area contributed by atoms with Crippen molar-refractivity contribution in [2.75, 3.05) is 6.54 Å². The molecular weight excluding hydrogens is 282 g/mol. The Morgan fingerprint density at radius 3 is 2.75 bits per heavy atom. The maximum atomic E-state index is 13.5. The Morgan fingerprint density at radius 2 is 2.15 bits per heavy atom. The number of aromatic nitrogens is 1. The van der Waals surface area contributed by atoms with E-state index in [1.807, 2.05) is 13.8 Å². The van der Waals surface area contributed by atoms with Crippen molar-refractivity contribution in [3.05, 3.63) is 51.5 Å². The van der Waals surface area contributed by atoms with Gasteiger partial charge in [-0.2, -0.15) is 0 Å². The molecule has 0 fully saturated rings. The van der Waals surface area contributed by atoms with E-state index < -0.39 is 17.7 Å². The van der Waals surface area contributed by atoms with Gasteiger partial charge >= 0.3 is 0 Å². The summed E-state index contributed by atoms with van der Waals surface area (Å²) < 4.78 is 26.3. The molecule has 6 heteroatoms. The maximum Gasteiger partial charge on any atom is 0.131 e. The Kier molecular flexibility index (Phi) is 4.80. The fourth-order valence-electron chi connectivity index (χ4n) is 1.83. The highest BCUT2D eigenvalue weighted by atomic mass is 32.1. The molecule has 0 saturated heterocycles. The molecule has 0 amide bonds. The van der Waals surface area contributed by atoms with E-state index in [1.54, 1.807) is 17.5 Å². The highest BCUT2D eigenvalue weighted by molar-refractivity contribution is 7.11. The number of aliphatic hydroxyl groups excluding tert-OH is 1. The Morgan fingerprint density at radius 1 is 1.40 bits per heavy atom. The third kappa shape index (κ3) is 3.59. The van der Waals surface area contributed by atoms with Crippen LogP contribution in [0.1, 0.15) is 34.5 Å². The van der Waals surface area contributed by atoms with E-state index in [2.05, 4.69) is 10.3 Å². The maximum absolute atomic E-state index is 13.5. The van der Waals surface area contributed by atoms with Gasteiger partial charge in [-0.1, -0.05) is 6.07 Å². The van der Waals surface area contributed by atoms with Crippen molar-refractivity contribution >= 4 is 11.3 Å². The van der Waals surface area contributed by atoms with Gasteiger partial charge in [0.1, 0.15) is 16.6 Å². The molecule has 20 heavy (non-hydrogen) atoms. The number of hydrogen-bond acceptors (Lipinski definition) is 4. The lowest BCUT2D eigenvalue weighted by molar-refractivity contribution is 0.166. The number of benzene rings is 1. The van der Waals surface area contributed by atoms with Crippen LogP contribution in [0.15, 0.2) is 24.4 Å². The summed E-state index contributed by atoms with van der Waals surface area (Å²) in [6, 6.07) is 3.13. The smallest absolute Gasteiger partial charge is 0.131 e. The van der Waals surface area contributed by atoms with Crippen molar-refractivity contribution < 1.29 is 13.9 Å². The topological polar surface area (TPSA) is 45.2 Å². The fourth-order valence-corrected chi connectivity index (χ4v) is 2.63.